The van der Waals surface area contributed by atoms with Crippen LogP contribution >= 0.6 is 0 Å². The first kappa shape index (κ1) is 25.7. The van der Waals surface area contributed by atoms with E-state index in [2.05, 4.69) is 116 Å². The molecule has 0 saturated carbocycles. The Morgan fingerprint density at radius 2 is 1.22 bits per heavy atom. The van der Waals surface area contributed by atoms with E-state index in [-0.39, 0.29) is 5.41 Å². The van der Waals surface area contributed by atoms with Gasteiger partial charge in [0.1, 0.15) is 0 Å². The molecular weight excluding hydrogens is 461 g/mol. The number of halogens is 4. The van der Waals surface area contributed by atoms with Gasteiger partial charge in [0, 0.05) is 28.2 Å². The van der Waals surface area contributed by atoms with Crippen LogP contribution in [0.3, 0.4) is 0 Å². The topological polar surface area (TPSA) is 3.88 Å². The summed E-state index contributed by atoms with van der Waals surface area (Å²) >= 11 is 0. The maximum absolute atomic E-state index is 9.75. The minimum absolute atomic E-state index is 0.169. The molecule has 0 bridgehead atoms. The Balaban J connectivity index is 0.000000556. The normalized spacial score (nSPS) is 12.8. The highest BCUT2D eigenvalue weighted by atomic mass is 19.5. The van der Waals surface area contributed by atoms with Gasteiger partial charge in [-0.25, -0.2) is 0 Å². The molecule has 0 saturated heterocycles. The Morgan fingerprint density at radius 3 is 1.81 bits per heavy atom. The van der Waals surface area contributed by atoms with Gasteiger partial charge in [-0.1, -0.05) is 87.5 Å². The van der Waals surface area contributed by atoms with Crippen molar-refractivity contribution in [2.75, 3.05) is 0 Å². The predicted octanol–water partition coefficient (Wildman–Crippen LogP) is 8.42. The average Bonchev–Trinajstić information content (AvgIpc) is 2.83. The molecule has 1 aliphatic rings. The summed E-state index contributed by atoms with van der Waals surface area (Å²) in [5.41, 5.74) is 11.1. The summed E-state index contributed by atoms with van der Waals surface area (Å²) in [4.78, 5) is 0. The Labute approximate surface area is 210 Å². The zero-order valence-corrected chi connectivity index (χ0v) is 20.8. The molecule has 6 heteroatoms. The van der Waals surface area contributed by atoms with Crippen LogP contribution in [0.5, 0.6) is 0 Å². The number of fused-ring (bicyclic) bond motifs is 3. The molecule has 1 aromatic heterocycles. The predicted molar refractivity (Wildman–Crippen MR) is 140 cm³/mol. The molecule has 0 atom stereocenters. The van der Waals surface area contributed by atoms with E-state index in [9.17, 15) is 17.3 Å². The zero-order valence-electron chi connectivity index (χ0n) is 20.8. The van der Waals surface area contributed by atoms with Crippen LogP contribution in [0.2, 0.25) is 0 Å². The highest BCUT2D eigenvalue weighted by Crippen LogP contribution is 2.39. The van der Waals surface area contributed by atoms with Crippen LogP contribution in [0.4, 0.5) is 17.3 Å². The highest BCUT2D eigenvalue weighted by molar-refractivity contribution is 6.50. The molecule has 0 aliphatic heterocycles. The molecule has 0 radical (unpaired) electrons. The van der Waals surface area contributed by atoms with Crippen LogP contribution < -0.4 is 4.57 Å². The van der Waals surface area contributed by atoms with Gasteiger partial charge in [-0.2, -0.15) is 4.57 Å². The van der Waals surface area contributed by atoms with Gasteiger partial charge in [0.25, 0.3) is 0 Å². The molecule has 1 heterocycles. The quantitative estimate of drug-likeness (QED) is 0.154. The van der Waals surface area contributed by atoms with Crippen molar-refractivity contribution in [1.82, 2.24) is 0 Å². The van der Waals surface area contributed by atoms with Crippen LogP contribution in [0.25, 0.3) is 33.6 Å². The van der Waals surface area contributed by atoms with E-state index >= 15 is 0 Å². The molecule has 3 aromatic carbocycles. The van der Waals surface area contributed by atoms with E-state index < -0.39 is 7.25 Å². The molecule has 186 valence electrons. The van der Waals surface area contributed by atoms with Crippen LogP contribution in [-0.4, -0.2) is 7.25 Å². The molecule has 0 fully saturated rings. The summed E-state index contributed by atoms with van der Waals surface area (Å²) in [6, 6.07) is 33.2. The third kappa shape index (κ3) is 6.23. The van der Waals surface area contributed by atoms with Gasteiger partial charge in [0.2, 0.25) is 11.4 Å². The van der Waals surface area contributed by atoms with Crippen molar-refractivity contribution >= 4 is 7.25 Å². The minimum Gasteiger partial charge on any atom is -0.418 e. The van der Waals surface area contributed by atoms with E-state index in [1.165, 1.54) is 44.8 Å². The van der Waals surface area contributed by atoms with E-state index in [0.717, 1.165) is 19.4 Å². The van der Waals surface area contributed by atoms with Gasteiger partial charge in [-0.3, -0.25) is 0 Å². The van der Waals surface area contributed by atoms with Gasteiger partial charge >= 0.3 is 7.25 Å². The fourth-order valence-electron chi connectivity index (χ4n) is 4.86. The number of nitrogens with zero attached hydrogens (tertiary/aromatic N) is 1. The van der Waals surface area contributed by atoms with Gasteiger partial charge < -0.3 is 17.3 Å². The van der Waals surface area contributed by atoms with Crippen molar-refractivity contribution in [1.29, 1.82) is 0 Å². The standard InChI is InChI=1S/C30H30N.BF4/c1-30(2,3)21-31-28(24-15-8-5-9-16-24)20-27(22-12-6-4-7-13-22)26-19-18-23-14-10-11-17-25(23)29(26)31;2-1(3,4)5/h4-17,20H,18-19,21H2,1-3H3;/q+1;-1. The van der Waals surface area contributed by atoms with E-state index in [0.29, 0.717) is 0 Å². The monoisotopic (exact) mass is 491 g/mol. The molecule has 0 N–H and O–H groups in total. The maximum Gasteiger partial charge on any atom is 0.673 e. The number of aryl methyl sites for hydroxylation is 1. The number of pyridine rings is 1. The summed E-state index contributed by atoms with van der Waals surface area (Å²) in [7, 11) is -6.00. The number of benzene rings is 3. The summed E-state index contributed by atoms with van der Waals surface area (Å²) < 4.78 is 41.6. The number of aromatic nitrogens is 1. The Hall–Kier alpha value is -3.41. The van der Waals surface area contributed by atoms with Gasteiger partial charge in [0.15, 0.2) is 6.54 Å². The number of rotatable bonds is 3. The van der Waals surface area contributed by atoms with E-state index in [1.807, 2.05) is 0 Å². The van der Waals surface area contributed by atoms with Crippen molar-refractivity contribution in [3.05, 3.63) is 102 Å². The second-order valence-electron chi connectivity index (χ2n) is 10.3. The van der Waals surface area contributed by atoms with Crippen LogP contribution in [0.1, 0.15) is 31.9 Å². The van der Waals surface area contributed by atoms with Crippen molar-refractivity contribution in [3.63, 3.8) is 0 Å². The summed E-state index contributed by atoms with van der Waals surface area (Å²) in [6.45, 7) is 7.98. The van der Waals surface area contributed by atoms with Gasteiger partial charge in [-0.15, -0.1) is 0 Å². The maximum atomic E-state index is 9.75. The van der Waals surface area contributed by atoms with E-state index in [1.54, 1.807) is 0 Å². The summed E-state index contributed by atoms with van der Waals surface area (Å²) in [6.07, 6.45) is 2.18. The first-order valence-electron chi connectivity index (χ1n) is 12.2. The second kappa shape index (κ2) is 10.3. The number of hydrogen-bond acceptors (Lipinski definition) is 0. The lowest BCUT2D eigenvalue weighted by atomic mass is 9.83. The number of hydrogen-bond donors (Lipinski definition) is 0. The van der Waals surface area contributed by atoms with Crippen molar-refractivity contribution in [2.45, 2.75) is 40.2 Å². The smallest absolute Gasteiger partial charge is 0.418 e. The molecule has 0 amide bonds. The van der Waals surface area contributed by atoms with Crippen molar-refractivity contribution < 1.29 is 21.8 Å². The molecule has 4 aromatic rings. The molecule has 5 rings (SSSR count). The van der Waals surface area contributed by atoms with Crippen molar-refractivity contribution in [3.8, 4) is 33.6 Å². The fraction of sp³-hybridized carbons (Fsp3) is 0.233. The molecule has 36 heavy (non-hydrogen) atoms. The minimum atomic E-state index is -6.00. The zero-order chi connectivity index (χ0) is 25.9. The summed E-state index contributed by atoms with van der Waals surface area (Å²) in [5, 5.41) is 0. The van der Waals surface area contributed by atoms with Crippen molar-refractivity contribution in [2.24, 2.45) is 5.41 Å². The Bertz CT molecular complexity index is 1320. The highest BCUT2D eigenvalue weighted by Gasteiger charge is 2.34. The molecule has 0 unspecified atom stereocenters. The SMILES string of the molecule is CC(C)(C)C[n+]1c(-c2ccccc2)cc(-c2ccccc2)c2c1-c1ccccc1CC2.F[B-](F)(F)F. The molecule has 1 nitrogen and oxygen atoms in total. The lowest BCUT2D eigenvalue weighted by Gasteiger charge is -2.25. The first-order valence-corrected chi connectivity index (χ1v) is 12.2. The van der Waals surface area contributed by atoms with E-state index in [4.69, 9.17) is 0 Å². The van der Waals surface area contributed by atoms with Crippen LogP contribution in [0, 0.1) is 5.41 Å². The molecular formula is C30H30BF4N. The largest absolute Gasteiger partial charge is 0.673 e. The molecule has 0 spiro atoms. The third-order valence-corrected chi connectivity index (χ3v) is 6.16. The Kier molecular flexibility index (Phi) is 7.34. The summed E-state index contributed by atoms with van der Waals surface area (Å²) in [5.74, 6) is 0. The van der Waals surface area contributed by atoms with Crippen LogP contribution in [-0.2, 0) is 19.4 Å². The lowest BCUT2D eigenvalue weighted by molar-refractivity contribution is -0.687. The third-order valence-electron chi connectivity index (χ3n) is 6.16. The fourth-order valence-corrected chi connectivity index (χ4v) is 4.86. The van der Waals surface area contributed by atoms with Gasteiger partial charge in [0.05, 0.1) is 0 Å². The Morgan fingerprint density at radius 1 is 0.694 bits per heavy atom. The van der Waals surface area contributed by atoms with Gasteiger partial charge in [-0.05, 0) is 47.7 Å². The average molecular weight is 491 g/mol. The second-order valence-corrected chi connectivity index (χ2v) is 10.3. The lowest BCUT2D eigenvalue weighted by Crippen LogP contribution is -2.46. The molecule has 1 aliphatic carbocycles. The first-order chi connectivity index (χ1) is 17.0. The van der Waals surface area contributed by atoms with Crippen LogP contribution in [0.15, 0.2) is 91.0 Å².